The Kier molecular flexibility index (Phi) is 5.73. The molecule has 0 amide bonds. The van der Waals surface area contributed by atoms with Gasteiger partial charge in [-0.05, 0) is 31.2 Å². The van der Waals surface area contributed by atoms with Crippen molar-refractivity contribution in [3.8, 4) is 22.9 Å². The van der Waals surface area contributed by atoms with E-state index in [1.165, 1.54) is 9.95 Å². The lowest BCUT2D eigenvalue weighted by Gasteiger charge is -2.14. The van der Waals surface area contributed by atoms with Crippen LogP contribution in [0.4, 0.5) is 0 Å². The second kappa shape index (κ2) is 8.61. The third kappa shape index (κ3) is 4.15. The van der Waals surface area contributed by atoms with E-state index in [0.717, 1.165) is 28.2 Å². The number of methoxy groups -OCH3 is 1. The molecule has 0 bridgehead atoms. The van der Waals surface area contributed by atoms with E-state index < -0.39 is 11.5 Å². The molecule has 158 valence electrons. The summed E-state index contributed by atoms with van der Waals surface area (Å²) in [6.07, 6.45) is 0. The fourth-order valence-corrected chi connectivity index (χ4v) is 4.14. The number of aromatic carboxylic acids is 1. The predicted molar refractivity (Wildman–Crippen MR) is 120 cm³/mol. The molecule has 0 aliphatic rings. The predicted octanol–water partition coefficient (Wildman–Crippen LogP) is 4.22. The summed E-state index contributed by atoms with van der Waals surface area (Å²) in [5.41, 5.74) is 1.44. The van der Waals surface area contributed by atoms with Crippen LogP contribution in [0.2, 0.25) is 0 Å². The number of rotatable bonds is 7. The van der Waals surface area contributed by atoms with Crippen LogP contribution in [0.15, 0.2) is 58.7 Å². The number of carbonyl (C=O) groups is 1. The highest BCUT2D eigenvalue weighted by Crippen LogP contribution is 2.26. The van der Waals surface area contributed by atoms with Gasteiger partial charge in [0.1, 0.15) is 28.8 Å². The molecule has 0 fully saturated rings. The molecule has 0 spiro atoms. The number of fused-ring (bicyclic) bond motifs is 1. The molecule has 0 aliphatic heterocycles. The summed E-state index contributed by atoms with van der Waals surface area (Å²) < 4.78 is 12.4. The van der Waals surface area contributed by atoms with E-state index in [1.807, 2.05) is 31.2 Å². The van der Waals surface area contributed by atoms with Crippen LogP contribution in [0.25, 0.3) is 21.6 Å². The van der Waals surface area contributed by atoms with Crippen LogP contribution >= 0.6 is 11.3 Å². The van der Waals surface area contributed by atoms with Gasteiger partial charge in [0, 0.05) is 10.9 Å². The van der Waals surface area contributed by atoms with E-state index in [4.69, 9.17) is 9.47 Å². The Hall–Kier alpha value is -3.65. The second-order valence-corrected chi connectivity index (χ2v) is 7.78. The van der Waals surface area contributed by atoms with E-state index in [-0.39, 0.29) is 24.1 Å². The normalized spacial score (nSPS) is 10.9. The smallest absolute Gasteiger partial charge is 0.337 e. The fraction of sp³-hybridized carbons (Fsp3) is 0.174. The van der Waals surface area contributed by atoms with Gasteiger partial charge in [-0.1, -0.05) is 29.8 Å². The van der Waals surface area contributed by atoms with Gasteiger partial charge in [-0.3, -0.25) is 9.36 Å². The number of thiophene rings is 1. The Morgan fingerprint density at radius 2 is 1.77 bits per heavy atom. The third-order valence-electron chi connectivity index (χ3n) is 4.88. The van der Waals surface area contributed by atoms with Crippen molar-refractivity contribution in [3.63, 3.8) is 0 Å². The highest BCUT2D eigenvalue weighted by molar-refractivity contribution is 7.17. The molecule has 1 N–H and O–H groups in total. The van der Waals surface area contributed by atoms with Gasteiger partial charge >= 0.3 is 5.97 Å². The molecule has 7 nitrogen and oxygen atoms in total. The summed E-state index contributed by atoms with van der Waals surface area (Å²) in [4.78, 5) is 29.9. The minimum Gasteiger partial charge on any atom is -0.497 e. The second-order valence-electron chi connectivity index (χ2n) is 6.92. The molecule has 4 rings (SSSR count). The van der Waals surface area contributed by atoms with Crippen LogP contribution in [0.1, 0.15) is 15.9 Å². The van der Waals surface area contributed by atoms with Crippen LogP contribution in [-0.2, 0) is 6.54 Å². The van der Waals surface area contributed by atoms with Crippen molar-refractivity contribution in [2.24, 2.45) is 0 Å². The molecular weight excluding hydrogens is 416 g/mol. The monoisotopic (exact) mass is 436 g/mol. The van der Waals surface area contributed by atoms with Gasteiger partial charge in [0.25, 0.3) is 5.56 Å². The fourth-order valence-electron chi connectivity index (χ4n) is 3.24. The average Bonchev–Trinajstić information content (AvgIpc) is 3.21. The van der Waals surface area contributed by atoms with Crippen molar-refractivity contribution in [2.45, 2.75) is 13.5 Å². The number of ether oxygens (including phenoxy) is 2. The molecule has 0 unspecified atom stereocenters. The van der Waals surface area contributed by atoms with Crippen molar-refractivity contribution in [2.75, 3.05) is 13.7 Å². The van der Waals surface area contributed by atoms with Gasteiger partial charge < -0.3 is 14.6 Å². The first-order valence-corrected chi connectivity index (χ1v) is 10.4. The summed E-state index contributed by atoms with van der Waals surface area (Å²) in [6, 6.07) is 14.8. The Morgan fingerprint density at radius 1 is 1.10 bits per heavy atom. The lowest BCUT2D eigenvalue weighted by molar-refractivity contribution is 0.0699. The Labute approximate surface area is 182 Å². The maximum atomic E-state index is 13.3. The molecule has 0 aliphatic carbocycles. The van der Waals surface area contributed by atoms with E-state index in [2.05, 4.69) is 4.98 Å². The molecular formula is C23H20N2O5S. The minimum atomic E-state index is -1.14. The summed E-state index contributed by atoms with van der Waals surface area (Å²) in [5.74, 6) is 0.698. The molecule has 0 saturated carbocycles. The highest BCUT2D eigenvalue weighted by atomic mass is 32.1. The zero-order valence-corrected chi connectivity index (χ0v) is 17.8. The molecule has 8 heteroatoms. The van der Waals surface area contributed by atoms with Gasteiger partial charge in [0.2, 0.25) is 0 Å². The first-order chi connectivity index (χ1) is 15.0. The van der Waals surface area contributed by atoms with E-state index >= 15 is 0 Å². The average molecular weight is 436 g/mol. The number of hydrogen-bond donors (Lipinski definition) is 1. The van der Waals surface area contributed by atoms with Crippen LogP contribution in [-0.4, -0.2) is 34.3 Å². The van der Waals surface area contributed by atoms with Gasteiger partial charge in [0.15, 0.2) is 0 Å². The first-order valence-electron chi connectivity index (χ1n) is 9.57. The third-order valence-corrected chi connectivity index (χ3v) is 5.75. The molecule has 2 aromatic carbocycles. The van der Waals surface area contributed by atoms with Crippen LogP contribution in [0.5, 0.6) is 11.5 Å². The Bertz CT molecular complexity index is 1290. The number of carboxylic acid groups (broad SMARTS) is 1. The largest absolute Gasteiger partial charge is 0.497 e. The summed E-state index contributed by atoms with van der Waals surface area (Å²) in [6.45, 7) is 2.41. The molecule has 0 atom stereocenters. The molecule has 0 saturated heterocycles. The maximum absolute atomic E-state index is 13.3. The zero-order chi connectivity index (χ0) is 22.0. The number of aromatic nitrogens is 2. The maximum Gasteiger partial charge on any atom is 0.337 e. The summed E-state index contributed by atoms with van der Waals surface area (Å²) >= 11 is 1.15. The lowest BCUT2D eigenvalue weighted by atomic mass is 10.1. The molecule has 4 aromatic rings. The topological polar surface area (TPSA) is 90.7 Å². The standard InChI is InChI=1S/C23H20N2O5S/c1-14-3-5-15(6-4-14)20-24-21-19(18(13-31-21)23(27)28)22(26)25(20)11-12-30-17-9-7-16(29-2)8-10-17/h3-10,13H,11-12H2,1-2H3,(H,27,28). The highest BCUT2D eigenvalue weighted by Gasteiger charge is 2.20. The number of nitrogens with zero attached hydrogens (tertiary/aromatic N) is 2. The summed E-state index contributed by atoms with van der Waals surface area (Å²) in [7, 11) is 1.59. The van der Waals surface area contributed by atoms with Crippen molar-refractivity contribution in [1.29, 1.82) is 0 Å². The van der Waals surface area contributed by atoms with Crippen molar-refractivity contribution in [3.05, 3.63) is 75.4 Å². The van der Waals surface area contributed by atoms with Gasteiger partial charge in [0.05, 0.1) is 24.6 Å². The van der Waals surface area contributed by atoms with Crippen LogP contribution in [0, 0.1) is 6.92 Å². The van der Waals surface area contributed by atoms with Crippen LogP contribution in [0.3, 0.4) is 0 Å². The number of benzene rings is 2. The van der Waals surface area contributed by atoms with Gasteiger partial charge in [-0.2, -0.15) is 0 Å². The van der Waals surface area contributed by atoms with E-state index in [1.54, 1.807) is 31.4 Å². The number of carboxylic acids is 1. The SMILES string of the molecule is COc1ccc(OCCn2c(-c3ccc(C)cc3)nc3scc(C(=O)O)c3c2=O)cc1. The van der Waals surface area contributed by atoms with Gasteiger partial charge in [-0.25, -0.2) is 9.78 Å². The molecule has 2 aromatic heterocycles. The number of aryl methyl sites for hydroxylation is 1. The quantitative estimate of drug-likeness (QED) is 0.467. The van der Waals surface area contributed by atoms with Crippen molar-refractivity contribution < 1.29 is 19.4 Å². The molecule has 0 radical (unpaired) electrons. The number of hydrogen-bond acceptors (Lipinski definition) is 6. The molecule has 31 heavy (non-hydrogen) atoms. The lowest BCUT2D eigenvalue weighted by Crippen LogP contribution is -2.26. The first kappa shape index (κ1) is 20.6. The van der Waals surface area contributed by atoms with Gasteiger partial charge in [-0.15, -0.1) is 11.3 Å². The van der Waals surface area contributed by atoms with Crippen molar-refractivity contribution >= 4 is 27.5 Å². The van der Waals surface area contributed by atoms with Crippen molar-refractivity contribution in [1.82, 2.24) is 9.55 Å². The van der Waals surface area contributed by atoms with E-state index in [0.29, 0.717) is 16.4 Å². The minimum absolute atomic E-state index is 0.0298. The van der Waals surface area contributed by atoms with Crippen LogP contribution < -0.4 is 15.0 Å². The Balaban J connectivity index is 1.72. The summed E-state index contributed by atoms with van der Waals surface area (Å²) in [5, 5.41) is 11.0. The molecule has 2 heterocycles. The Morgan fingerprint density at radius 3 is 2.42 bits per heavy atom. The zero-order valence-electron chi connectivity index (χ0n) is 17.0. The van der Waals surface area contributed by atoms with E-state index in [9.17, 15) is 14.7 Å².